The summed E-state index contributed by atoms with van der Waals surface area (Å²) in [5, 5.41) is 0. The van der Waals surface area contributed by atoms with Crippen molar-refractivity contribution in [3.05, 3.63) is 34.3 Å². The molecule has 0 spiro atoms. The predicted molar refractivity (Wildman–Crippen MR) is 43.7 cm³/mol. The second-order valence-corrected chi connectivity index (χ2v) is 2.71. The van der Waals surface area contributed by atoms with Gasteiger partial charge in [0.25, 0.3) is 0 Å². The Morgan fingerprint density at radius 1 is 1.67 bits per heavy atom. The van der Waals surface area contributed by atoms with Crippen molar-refractivity contribution in [2.45, 2.75) is 5.83 Å². The summed E-state index contributed by atoms with van der Waals surface area (Å²) in [6.07, 6.45) is 0. The van der Waals surface area contributed by atoms with E-state index < -0.39 is 5.83 Å². The molecule has 0 unspecified atom stereocenters. The maximum absolute atomic E-state index is 7.18. The number of benzene rings is 1. The number of rotatable bonds is 1. The minimum atomic E-state index is -1.77. The van der Waals surface area contributed by atoms with Crippen LogP contribution in [0.2, 0.25) is 0 Å². The molecule has 0 aromatic heterocycles. The molecule has 0 nitrogen and oxygen atoms in total. The topological polar surface area (TPSA) is 0 Å². The lowest BCUT2D eigenvalue weighted by atomic mass is 10.2. The lowest BCUT2D eigenvalue weighted by Crippen LogP contribution is -1.74. The number of hydrogen-bond donors (Lipinski definition) is 0. The molecule has 1 aromatic carbocycles. The molecule has 0 saturated carbocycles. The van der Waals surface area contributed by atoms with Crippen LogP contribution in [0, 0.1) is 0 Å². The van der Waals surface area contributed by atoms with Crippen molar-refractivity contribution < 1.29 is 2.74 Å². The molecule has 1 aromatic rings. The van der Waals surface area contributed by atoms with Gasteiger partial charge in [-0.15, -0.1) is 11.6 Å². The number of hydrogen-bond acceptors (Lipinski definition) is 0. The van der Waals surface area contributed by atoms with Gasteiger partial charge >= 0.3 is 0 Å². The maximum Gasteiger partial charge on any atom is 0.0486 e. The van der Waals surface area contributed by atoms with Crippen LogP contribution in [0.1, 0.15) is 8.30 Å². The van der Waals surface area contributed by atoms with Gasteiger partial charge in [-0.05, 0) is 17.7 Å². The molecular formula is C7H6BrCl. The van der Waals surface area contributed by atoms with E-state index in [-0.39, 0.29) is 0 Å². The molecule has 0 fully saturated rings. The molecule has 0 aliphatic heterocycles. The van der Waals surface area contributed by atoms with E-state index in [4.69, 9.17) is 14.3 Å². The van der Waals surface area contributed by atoms with Crippen molar-refractivity contribution in [2.75, 3.05) is 0 Å². The summed E-state index contributed by atoms with van der Waals surface area (Å²) in [6, 6.07) is 6.89. The summed E-state index contributed by atoms with van der Waals surface area (Å²) in [6.45, 7) is 0. The van der Waals surface area contributed by atoms with Gasteiger partial charge in [0.2, 0.25) is 0 Å². The van der Waals surface area contributed by atoms with E-state index in [2.05, 4.69) is 15.9 Å². The molecule has 48 valence electrons. The first kappa shape index (κ1) is 4.75. The standard InChI is InChI=1S/C7H6BrCl/c8-7-3-1-2-6(4-7)5-9/h1-4H,5H2/i5D2. The van der Waals surface area contributed by atoms with Gasteiger partial charge in [0.05, 0.1) is 0 Å². The fourth-order valence-electron chi connectivity index (χ4n) is 0.547. The van der Waals surface area contributed by atoms with Crippen molar-refractivity contribution >= 4 is 27.5 Å². The van der Waals surface area contributed by atoms with Crippen LogP contribution in [0.15, 0.2) is 28.7 Å². The summed E-state index contributed by atoms with van der Waals surface area (Å²) in [7, 11) is 0. The van der Waals surface area contributed by atoms with Crippen LogP contribution in [0.25, 0.3) is 0 Å². The van der Waals surface area contributed by atoms with Crippen LogP contribution in [-0.2, 0) is 5.83 Å². The third-order valence-corrected chi connectivity index (χ3v) is 1.65. The van der Waals surface area contributed by atoms with E-state index in [0.717, 1.165) is 4.47 Å². The summed E-state index contributed by atoms with van der Waals surface area (Å²) >= 11 is 8.67. The highest BCUT2D eigenvalue weighted by atomic mass is 79.9. The van der Waals surface area contributed by atoms with Gasteiger partial charge in [-0.25, -0.2) is 0 Å². The monoisotopic (exact) mass is 206 g/mol. The van der Waals surface area contributed by atoms with Crippen LogP contribution in [0.3, 0.4) is 0 Å². The van der Waals surface area contributed by atoms with Gasteiger partial charge < -0.3 is 0 Å². The molecule has 1 rings (SSSR count). The molecule has 0 aliphatic carbocycles. The fraction of sp³-hybridized carbons (Fsp3) is 0.143. The Kier molecular flexibility index (Phi) is 1.71. The van der Waals surface area contributed by atoms with Gasteiger partial charge in [-0.1, -0.05) is 28.1 Å². The minimum absolute atomic E-state index is 0.466. The highest BCUT2D eigenvalue weighted by Gasteiger charge is 1.88. The smallest absolute Gasteiger partial charge is 0.0486 e. The van der Waals surface area contributed by atoms with Crippen LogP contribution in [0.4, 0.5) is 0 Å². The molecule has 0 N–H and O–H groups in total. The van der Waals surface area contributed by atoms with Gasteiger partial charge in [-0.3, -0.25) is 0 Å². The van der Waals surface area contributed by atoms with E-state index in [9.17, 15) is 0 Å². The van der Waals surface area contributed by atoms with E-state index in [0.29, 0.717) is 5.56 Å². The first-order valence-corrected chi connectivity index (χ1v) is 3.62. The Bertz CT molecular complexity index is 257. The SMILES string of the molecule is [2H]C([2H])(Cl)c1cccc(Br)c1. The predicted octanol–water partition coefficient (Wildman–Crippen LogP) is 3.19. The summed E-state index contributed by atoms with van der Waals surface area (Å²) in [5.74, 6) is -1.77. The normalized spacial score (nSPS) is 14.4. The van der Waals surface area contributed by atoms with E-state index in [1.807, 2.05) is 6.07 Å². The minimum Gasteiger partial charge on any atom is -0.122 e. The average molecular weight is 207 g/mol. The van der Waals surface area contributed by atoms with Crippen molar-refractivity contribution in [3.8, 4) is 0 Å². The van der Waals surface area contributed by atoms with E-state index in [1.165, 1.54) is 0 Å². The van der Waals surface area contributed by atoms with Crippen LogP contribution < -0.4 is 0 Å². The van der Waals surface area contributed by atoms with Gasteiger partial charge in [0.15, 0.2) is 0 Å². The number of alkyl halides is 1. The molecular weight excluding hydrogens is 199 g/mol. The Morgan fingerprint density at radius 3 is 2.89 bits per heavy atom. The van der Waals surface area contributed by atoms with Crippen LogP contribution in [-0.4, -0.2) is 0 Å². The highest BCUT2D eigenvalue weighted by molar-refractivity contribution is 9.10. The zero-order chi connectivity index (χ0) is 8.48. The third kappa shape index (κ3) is 1.99. The molecule has 0 radical (unpaired) electrons. The Balaban J connectivity index is 3.06. The second kappa shape index (κ2) is 3.23. The van der Waals surface area contributed by atoms with Gasteiger partial charge in [0, 0.05) is 13.0 Å². The van der Waals surface area contributed by atoms with E-state index in [1.54, 1.807) is 18.2 Å². The second-order valence-electron chi connectivity index (χ2n) is 1.60. The zero-order valence-corrected chi connectivity index (χ0v) is 6.91. The molecule has 0 aliphatic rings. The van der Waals surface area contributed by atoms with Crippen molar-refractivity contribution in [1.29, 1.82) is 0 Å². The lowest BCUT2D eigenvalue weighted by Gasteiger charge is -1.92. The largest absolute Gasteiger partial charge is 0.122 e. The Labute approximate surface area is 70.8 Å². The molecule has 9 heavy (non-hydrogen) atoms. The lowest BCUT2D eigenvalue weighted by molar-refractivity contribution is 1.39. The Morgan fingerprint density at radius 2 is 2.44 bits per heavy atom. The zero-order valence-electron chi connectivity index (χ0n) is 6.57. The van der Waals surface area contributed by atoms with Crippen molar-refractivity contribution in [1.82, 2.24) is 0 Å². The van der Waals surface area contributed by atoms with Crippen molar-refractivity contribution in [2.24, 2.45) is 0 Å². The molecule has 0 amide bonds. The summed E-state index contributed by atoms with van der Waals surface area (Å²) in [4.78, 5) is 0. The summed E-state index contributed by atoms with van der Waals surface area (Å²) in [5.41, 5.74) is 0.466. The van der Waals surface area contributed by atoms with E-state index >= 15 is 0 Å². The quantitative estimate of drug-likeness (QED) is 0.621. The molecule has 0 heterocycles. The number of halogens is 2. The summed E-state index contributed by atoms with van der Waals surface area (Å²) < 4.78 is 15.2. The fourth-order valence-corrected chi connectivity index (χ4v) is 1.06. The maximum atomic E-state index is 7.18. The van der Waals surface area contributed by atoms with Gasteiger partial charge in [-0.2, -0.15) is 0 Å². The highest BCUT2D eigenvalue weighted by Crippen LogP contribution is 2.12. The van der Waals surface area contributed by atoms with Crippen LogP contribution in [0.5, 0.6) is 0 Å². The first-order chi connectivity index (χ1) is 5.00. The third-order valence-electron chi connectivity index (χ3n) is 0.934. The van der Waals surface area contributed by atoms with Crippen LogP contribution >= 0.6 is 27.5 Å². The molecule has 0 atom stereocenters. The molecule has 0 bridgehead atoms. The van der Waals surface area contributed by atoms with Crippen molar-refractivity contribution in [3.63, 3.8) is 0 Å². The Hall–Kier alpha value is -0.0100. The van der Waals surface area contributed by atoms with Gasteiger partial charge in [0.1, 0.15) is 0 Å². The molecule has 0 saturated heterocycles. The average Bonchev–Trinajstić information content (AvgIpc) is 1.86. The first-order valence-electron chi connectivity index (χ1n) is 3.45. The molecule has 2 heteroatoms.